The van der Waals surface area contributed by atoms with Crippen molar-refractivity contribution in [1.29, 1.82) is 0 Å². The molecule has 3 rings (SSSR count). The van der Waals surface area contributed by atoms with Crippen LogP contribution in [0.4, 0.5) is 10.3 Å². The number of rotatable bonds is 10. The molecule has 0 saturated carbocycles. The van der Waals surface area contributed by atoms with Gasteiger partial charge in [0.1, 0.15) is 12.4 Å². The fourth-order valence-electron chi connectivity index (χ4n) is 3.65. The number of nitrogens with zero attached hydrogens (tertiary/aromatic N) is 3. The topological polar surface area (TPSA) is 75.6 Å². The second kappa shape index (κ2) is 11.1. The van der Waals surface area contributed by atoms with Gasteiger partial charge in [-0.1, -0.05) is 19.1 Å². The van der Waals surface area contributed by atoms with Gasteiger partial charge in [-0.15, -0.1) is 0 Å². The third-order valence-corrected chi connectivity index (χ3v) is 5.62. The van der Waals surface area contributed by atoms with Crippen molar-refractivity contribution in [2.45, 2.75) is 45.6 Å². The van der Waals surface area contributed by atoms with E-state index in [0.29, 0.717) is 24.7 Å². The maximum atomic E-state index is 14.1. The lowest BCUT2D eigenvalue weighted by Crippen LogP contribution is -2.35. The fraction of sp³-hybridized carbons (Fsp3) is 0.522. The molecule has 0 aliphatic carbocycles. The quantitative estimate of drug-likeness (QED) is 0.601. The van der Waals surface area contributed by atoms with Crippen molar-refractivity contribution in [2.24, 2.45) is 5.92 Å². The van der Waals surface area contributed by atoms with E-state index < -0.39 is 18.2 Å². The van der Waals surface area contributed by atoms with Crippen molar-refractivity contribution in [3.05, 3.63) is 53.1 Å². The number of aliphatic hydroxyl groups is 1. The zero-order valence-corrected chi connectivity index (χ0v) is 17.5. The molecule has 0 radical (unpaired) electrons. The summed E-state index contributed by atoms with van der Waals surface area (Å²) < 4.78 is 19.8. The molecule has 1 aromatic heterocycles. The SMILES string of the molecule is CCc1cnc(N2CCC(CCOCc3ccc(CC(=O)CO)c(F)c3)CC2)nc1. The van der Waals surface area contributed by atoms with E-state index in [0.717, 1.165) is 55.8 Å². The van der Waals surface area contributed by atoms with Gasteiger partial charge in [0.25, 0.3) is 0 Å². The maximum absolute atomic E-state index is 14.1. The Morgan fingerprint density at radius 3 is 2.60 bits per heavy atom. The number of hydrogen-bond acceptors (Lipinski definition) is 6. The van der Waals surface area contributed by atoms with Gasteiger partial charge in [0.2, 0.25) is 5.95 Å². The molecule has 0 spiro atoms. The summed E-state index contributed by atoms with van der Waals surface area (Å²) >= 11 is 0. The van der Waals surface area contributed by atoms with Gasteiger partial charge in [0.05, 0.1) is 6.61 Å². The molecule has 0 atom stereocenters. The van der Waals surface area contributed by atoms with Gasteiger partial charge in [-0.3, -0.25) is 4.79 Å². The summed E-state index contributed by atoms with van der Waals surface area (Å²) in [5.41, 5.74) is 2.20. The molecule has 1 aromatic carbocycles. The van der Waals surface area contributed by atoms with E-state index in [1.54, 1.807) is 12.1 Å². The van der Waals surface area contributed by atoms with E-state index in [1.165, 1.54) is 6.07 Å². The summed E-state index contributed by atoms with van der Waals surface area (Å²) in [4.78, 5) is 22.4. The zero-order chi connectivity index (χ0) is 21.3. The van der Waals surface area contributed by atoms with E-state index in [1.807, 2.05) is 12.4 Å². The number of carbonyl (C=O) groups is 1. The van der Waals surface area contributed by atoms with Crippen molar-refractivity contribution in [1.82, 2.24) is 9.97 Å². The molecule has 1 N–H and O–H groups in total. The smallest absolute Gasteiger partial charge is 0.225 e. The number of anilines is 1. The van der Waals surface area contributed by atoms with Gasteiger partial charge in [0, 0.05) is 38.5 Å². The highest BCUT2D eigenvalue weighted by molar-refractivity contribution is 5.81. The number of halogens is 1. The molecule has 1 aliphatic heterocycles. The van der Waals surface area contributed by atoms with Gasteiger partial charge in [-0.25, -0.2) is 14.4 Å². The second-order valence-electron chi connectivity index (χ2n) is 7.82. The van der Waals surface area contributed by atoms with Gasteiger partial charge in [-0.05, 0) is 54.4 Å². The van der Waals surface area contributed by atoms with E-state index >= 15 is 0 Å². The van der Waals surface area contributed by atoms with Crippen LogP contribution < -0.4 is 4.90 Å². The van der Waals surface area contributed by atoms with Crippen LogP contribution in [0, 0.1) is 11.7 Å². The molecule has 1 fully saturated rings. The van der Waals surface area contributed by atoms with E-state index in [4.69, 9.17) is 9.84 Å². The number of aromatic nitrogens is 2. The Morgan fingerprint density at radius 2 is 1.97 bits per heavy atom. The largest absolute Gasteiger partial charge is 0.389 e. The highest BCUT2D eigenvalue weighted by Crippen LogP contribution is 2.23. The first-order valence-corrected chi connectivity index (χ1v) is 10.6. The number of carbonyl (C=O) groups excluding carboxylic acids is 1. The average molecular weight is 416 g/mol. The minimum Gasteiger partial charge on any atom is -0.389 e. The number of Topliss-reactive ketones (excluding diaryl/α,β-unsaturated/α-hetero) is 1. The maximum Gasteiger partial charge on any atom is 0.225 e. The summed E-state index contributed by atoms with van der Waals surface area (Å²) in [6.45, 7) is 4.42. The Hall–Kier alpha value is -2.38. The summed E-state index contributed by atoms with van der Waals surface area (Å²) in [6.07, 6.45) is 7.83. The number of aliphatic hydroxyl groups excluding tert-OH is 1. The van der Waals surface area contributed by atoms with Gasteiger partial charge >= 0.3 is 0 Å². The lowest BCUT2D eigenvalue weighted by Gasteiger charge is -2.32. The van der Waals surface area contributed by atoms with Crippen LogP contribution in [0.3, 0.4) is 0 Å². The summed E-state index contributed by atoms with van der Waals surface area (Å²) in [6, 6.07) is 4.76. The van der Waals surface area contributed by atoms with Crippen molar-refractivity contribution in [2.75, 3.05) is 31.2 Å². The minimum atomic E-state index is -0.568. The predicted molar refractivity (Wildman–Crippen MR) is 113 cm³/mol. The van der Waals surface area contributed by atoms with Crippen LogP contribution in [0.15, 0.2) is 30.6 Å². The van der Waals surface area contributed by atoms with Gasteiger partial charge in [0.15, 0.2) is 5.78 Å². The highest BCUT2D eigenvalue weighted by atomic mass is 19.1. The summed E-state index contributed by atoms with van der Waals surface area (Å²) in [7, 11) is 0. The number of aryl methyl sites for hydroxylation is 1. The van der Waals surface area contributed by atoms with Gasteiger partial charge in [-0.2, -0.15) is 0 Å². The normalized spacial score (nSPS) is 14.8. The molecule has 0 amide bonds. The van der Waals surface area contributed by atoms with Crippen molar-refractivity contribution in [3.8, 4) is 0 Å². The second-order valence-corrected chi connectivity index (χ2v) is 7.82. The Bertz CT molecular complexity index is 821. The van der Waals surface area contributed by atoms with Crippen molar-refractivity contribution in [3.63, 3.8) is 0 Å². The third kappa shape index (κ3) is 6.31. The molecule has 0 bridgehead atoms. The first kappa shape index (κ1) is 22.3. The van der Waals surface area contributed by atoms with Crippen LogP contribution in [-0.4, -0.2) is 47.2 Å². The average Bonchev–Trinajstić information content (AvgIpc) is 2.79. The van der Waals surface area contributed by atoms with Crippen molar-refractivity contribution >= 4 is 11.7 Å². The van der Waals surface area contributed by atoms with Crippen LogP contribution in [-0.2, 0) is 29.0 Å². The molecular formula is C23H30FN3O3. The Kier molecular flexibility index (Phi) is 8.28. The monoisotopic (exact) mass is 415 g/mol. The molecule has 7 heteroatoms. The molecular weight excluding hydrogens is 385 g/mol. The number of piperidine rings is 1. The first-order valence-electron chi connectivity index (χ1n) is 10.6. The lowest BCUT2D eigenvalue weighted by atomic mass is 9.94. The van der Waals surface area contributed by atoms with E-state index in [-0.39, 0.29) is 6.42 Å². The van der Waals surface area contributed by atoms with Crippen LogP contribution in [0.1, 0.15) is 42.9 Å². The van der Waals surface area contributed by atoms with Crippen LogP contribution in [0.5, 0.6) is 0 Å². The molecule has 1 aliphatic rings. The summed E-state index contributed by atoms with van der Waals surface area (Å²) in [5.74, 6) is 0.598. The number of ether oxygens (including phenoxy) is 1. The minimum absolute atomic E-state index is 0.0873. The van der Waals surface area contributed by atoms with Crippen LogP contribution >= 0.6 is 0 Å². The summed E-state index contributed by atoms with van der Waals surface area (Å²) in [5, 5.41) is 8.78. The number of hydrogen-bond donors (Lipinski definition) is 1. The molecule has 2 heterocycles. The van der Waals surface area contributed by atoms with Gasteiger partial charge < -0.3 is 14.7 Å². The molecule has 2 aromatic rings. The Morgan fingerprint density at radius 1 is 1.23 bits per heavy atom. The number of benzene rings is 1. The first-order chi connectivity index (χ1) is 14.6. The molecule has 30 heavy (non-hydrogen) atoms. The zero-order valence-electron chi connectivity index (χ0n) is 17.5. The Balaban J connectivity index is 1.36. The molecule has 6 nitrogen and oxygen atoms in total. The third-order valence-electron chi connectivity index (χ3n) is 5.62. The molecule has 0 unspecified atom stereocenters. The molecule has 162 valence electrons. The number of ketones is 1. The van der Waals surface area contributed by atoms with Crippen LogP contribution in [0.25, 0.3) is 0 Å². The van der Waals surface area contributed by atoms with E-state index in [9.17, 15) is 9.18 Å². The highest BCUT2D eigenvalue weighted by Gasteiger charge is 2.20. The van der Waals surface area contributed by atoms with Crippen molar-refractivity contribution < 1.29 is 19.0 Å². The standard InChI is InChI=1S/C23H30FN3O3/c1-2-17-13-25-23(26-14-17)27-8-5-18(6-9-27)7-10-30-16-19-3-4-20(22(24)11-19)12-21(29)15-28/h3-4,11,13-14,18,28H,2,5-10,12,15-16H2,1H3. The lowest BCUT2D eigenvalue weighted by molar-refractivity contribution is -0.121. The molecule has 1 saturated heterocycles. The van der Waals surface area contributed by atoms with E-state index in [2.05, 4.69) is 21.8 Å². The fourth-order valence-corrected chi connectivity index (χ4v) is 3.65. The Labute approximate surface area is 177 Å². The predicted octanol–water partition coefficient (Wildman–Crippen LogP) is 3.11. The van der Waals surface area contributed by atoms with Crippen LogP contribution in [0.2, 0.25) is 0 Å².